The van der Waals surface area contributed by atoms with Crippen molar-refractivity contribution in [3.8, 4) is 0 Å². The Morgan fingerprint density at radius 3 is 2.58 bits per heavy atom. The van der Waals surface area contributed by atoms with E-state index in [0.717, 1.165) is 13.0 Å². The fourth-order valence-electron chi connectivity index (χ4n) is 4.10. The molecule has 1 unspecified atom stereocenters. The summed E-state index contributed by atoms with van der Waals surface area (Å²) in [5, 5.41) is 0.327. The fraction of sp³-hybridized carbons (Fsp3) is 0.100. The summed E-state index contributed by atoms with van der Waals surface area (Å²) in [5.41, 5.74) is 6.20. The first-order chi connectivity index (χ1) is 12.3. The zero-order valence-electron chi connectivity index (χ0n) is 13.5. The van der Waals surface area contributed by atoms with Gasteiger partial charge in [-0.1, -0.05) is 0 Å². The summed E-state index contributed by atoms with van der Waals surface area (Å²) in [4.78, 5) is 0. The van der Waals surface area contributed by atoms with Crippen molar-refractivity contribution < 1.29 is 14.9 Å². The van der Waals surface area contributed by atoms with Gasteiger partial charge in [0.1, 0.15) is 0 Å². The second kappa shape index (κ2) is 6.15. The minimum atomic E-state index is -4.71. The van der Waals surface area contributed by atoms with Gasteiger partial charge < -0.3 is 0 Å². The Morgan fingerprint density at radius 1 is 1.04 bits per heavy atom. The number of hydrogen-bond acceptors (Lipinski definition) is 2. The van der Waals surface area contributed by atoms with Gasteiger partial charge in [-0.25, -0.2) is 0 Å². The summed E-state index contributed by atoms with van der Waals surface area (Å²) in [7, 11) is 19.8. The Balaban J connectivity index is 1.75. The maximum absolute atomic E-state index is 7.34. The molecular formula is C20H14BrCl2S2Zr. The summed E-state index contributed by atoms with van der Waals surface area (Å²) in [6, 6.07) is 12.6. The second-order valence-corrected chi connectivity index (χ2v) is 35.3. The van der Waals surface area contributed by atoms with Gasteiger partial charge in [0, 0.05) is 0 Å². The van der Waals surface area contributed by atoms with E-state index in [1.165, 1.54) is 31.6 Å². The first-order valence-corrected chi connectivity index (χ1v) is 22.5. The monoisotopic (exact) mass is 557 g/mol. The van der Waals surface area contributed by atoms with E-state index in [1.54, 1.807) is 0 Å². The summed E-state index contributed by atoms with van der Waals surface area (Å²) < 4.78 is 3.22. The predicted molar refractivity (Wildman–Crippen MR) is 121 cm³/mol. The maximum atomic E-state index is 7.34. The van der Waals surface area contributed by atoms with Gasteiger partial charge in [0.25, 0.3) is 0 Å². The zero-order valence-corrected chi connectivity index (χ0v) is 20.8. The van der Waals surface area contributed by atoms with Crippen LogP contribution in [0.25, 0.3) is 12.2 Å². The Bertz CT molecular complexity index is 1060. The van der Waals surface area contributed by atoms with E-state index in [2.05, 4.69) is 76.6 Å². The van der Waals surface area contributed by atoms with Gasteiger partial charge >= 0.3 is 180 Å². The van der Waals surface area contributed by atoms with Crippen molar-refractivity contribution in [1.29, 1.82) is 0 Å². The summed E-state index contributed by atoms with van der Waals surface area (Å²) in [5.74, 6) is 0. The molecule has 0 bridgehead atoms. The van der Waals surface area contributed by atoms with E-state index in [0.29, 0.717) is 5.25 Å². The number of thiol groups is 1. The molecule has 0 amide bonds. The molecule has 1 aliphatic heterocycles. The van der Waals surface area contributed by atoms with Gasteiger partial charge in [0.15, 0.2) is 0 Å². The van der Waals surface area contributed by atoms with E-state index in [1.807, 2.05) is 11.8 Å². The number of thioether (sulfide) groups is 1. The topological polar surface area (TPSA) is 0 Å². The van der Waals surface area contributed by atoms with E-state index in [9.17, 15) is 0 Å². The van der Waals surface area contributed by atoms with Crippen LogP contribution in [0.2, 0.25) is 0 Å². The van der Waals surface area contributed by atoms with Gasteiger partial charge in [-0.15, -0.1) is 0 Å². The third kappa shape index (κ3) is 2.67. The molecule has 0 nitrogen and oxygen atoms in total. The molecule has 3 aliphatic rings. The normalized spacial score (nSPS) is 21.5. The van der Waals surface area contributed by atoms with Crippen molar-refractivity contribution >= 4 is 72.8 Å². The Morgan fingerprint density at radius 2 is 1.77 bits per heavy atom. The van der Waals surface area contributed by atoms with Crippen LogP contribution in [-0.4, -0.2) is 0 Å². The first kappa shape index (κ1) is 18.3. The van der Waals surface area contributed by atoms with Crippen molar-refractivity contribution in [1.82, 2.24) is 0 Å². The number of fused-ring (bicyclic) bond motifs is 4. The summed E-state index contributed by atoms with van der Waals surface area (Å²) in [6.07, 6.45) is 9.67. The van der Waals surface area contributed by atoms with Gasteiger partial charge in [-0.3, -0.25) is 0 Å². The SMILES string of the molecule is [SH][Zr]([Cl])([Cl])([c]1cccc2c1C=CC2)[c]1cccc2c1C=C1C=C(Br)SC12. The molecule has 0 saturated heterocycles. The Labute approximate surface area is 177 Å². The van der Waals surface area contributed by atoms with E-state index in [4.69, 9.17) is 26.4 Å². The van der Waals surface area contributed by atoms with Crippen LogP contribution in [0.3, 0.4) is 0 Å². The van der Waals surface area contributed by atoms with Gasteiger partial charge in [0.2, 0.25) is 0 Å². The van der Waals surface area contributed by atoms with Crippen LogP contribution < -0.4 is 6.54 Å². The second-order valence-electron chi connectivity index (χ2n) is 6.85. The molecule has 0 N–H and O–H groups in total. The Kier molecular flexibility index (Phi) is 4.34. The molecule has 0 spiro atoms. The van der Waals surface area contributed by atoms with Gasteiger partial charge in [0.05, 0.1) is 0 Å². The number of benzene rings is 2. The van der Waals surface area contributed by atoms with Gasteiger partial charge in [-0.05, 0) is 0 Å². The predicted octanol–water partition coefficient (Wildman–Crippen LogP) is 6.47. The quantitative estimate of drug-likeness (QED) is 0.411. The molecule has 131 valence electrons. The number of halogens is 3. The van der Waals surface area contributed by atoms with Crippen LogP contribution in [0.4, 0.5) is 0 Å². The third-order valence-electron chi connectivity index (χ3n) is 5.28. The number of hydrogen-bond donors (Lipinski definition) is 1. The zero-order chi connectivity index (χ0) is 18.1. The molecule has 2 aliphatic carbocycles. The van der Waals surface area contributed by atoms with E-state index in [-0.39, 0.29) is 0 Å². The van der Waals surface area contributed by atoms with E-state index >= 15 is 0 Å². The van der Waals surface area contributed by atoms with E-state index < -0.39 is 14.9 Å². The number of rotatable bonds is 2. The fourth-order valence-corrected chi connectivity index (χ4v) is 18.1. The van der Waals surface area contributed by atoms with Crippen LogP contribution in [0, 0.1) is 0 Å². The molecule has 0 aromatic heterocycles. The molecule has 5 rings (SSSR count). The molecule has 6 heteroatoms. The molecule has 0 saturated carbocycles. The standard InChI is InChI=1S/C11H6BrS.C9H7.2ClH.H2S.Zr/c12-10-6-8-5-7-3-1-2-4-9(7)11(8)13-10;1-2-5-9-7-3-6-8(9)4-1;;;;/h1-2,4-6,11H;1-4,7H,6H2;2*1H;1H2;/q;;;;;+3/p-3. The molecule has 0 radical (unpaired) electrons. The van der Waals surface area contributed by atoms with Gasteiger partial charge in [-0.2, -0.15) is 0 Å². The molecule has 2 aromatic rings. The van der Waals surface area contributed by atoms with Crippen molar-refractivity contribution in [2.24, 2.45) is 0 Å². The molecular weight excluding hydrogens is 546 g/mol. The average Bonchev–Trinajstić information content (AvgIpc) is 3.26. The summed E-state index contributed by atoms with van der Waals surface area (Å²) in [6.45, 7) is 0. The van der Waals surface area contributed by atoms with Crippen molar-refractivity contribution in [3.63, 3.8) is 0 Å². The van der Waals surface area contributed by atoms with Crippen molar-refractivity contribution in [3.05, 3.63) is 80.2 Å². The van der Waals surface area contributed by atoms with Crippen molar-refractivity contribution in [2.75, 3.05) is 0 Å². The molecule has 1 heterocycles. The summed E-state index contributed by atoms with van der Waals surface area (Å²) >= 11 is 0.724. The average molecular weight is 561 g/mol. The molecule has 26 heavy (non-hydrogen) atoms. The van der Waals surface area contributed by atoms with Crippen LogP contribution in [0.15, 0.2) is 57.9 Å². The molecule has 0 fully saturated rings. The molecule has 2 aromatic carbocycles. The Hall–Kier alpha value is 0.303. The molecule has 1 atom stereocenters. The number of allylic oxidation sites excluding steroid dienone is 2. The van der Waals surface area contributed by atoms with Crippen LogP contribution in [0.5, 0.6) is 0 Å². The minimum absolute atomic E-state index is 0.327. The van der Waals surface area contributed by atoms with Crippen LogP contribution in [0.1, 0.15) is 27.5 Å². The first-order valence-electron chi connectivity index (χ1n) is 8.33. The van der Waals surface area contributed by atoms with Crippen LogP contribution in [-0.2, 0) is 21.4 Å². The third-order valence-corrected chi connectivity index (χ3v) is 21.5. The van der Waals surface area contributed by atoms with Crippen molar-refractivity contribution in [2.45, 2.75) is 11.7 Å². The van der Waals surface area contributed by atoms with Crippen LogP contribution >= 0.6 is 54.1 Å².